The number of halogens is 3. The number of ether oxygens (including phenoxy) is 1. The van der Waals surface area contributed by atoms with Crippen molar-refractivity contribution in [2.24, 2.45) is 4.99 Å². The molecule has 0 unspecified atom stereocenters. The molecule has 1 amide bonds. The lowest BCUT2D eigenvalue weighted by atomic mass is 9.78. The first-order chi connectivity index (χ1) is 15.9. The van der Waals surface area contributed by atoms with E-state index in [0.29, 0.717) is 5.75 Å². The summed E-state index contributed by atoms with van der Waals surface area (Å²) < 4.78 is 3.39. The Kier molecular flexibility index (Phi) is 7.89. The monoisotopic (exact) mass is 560 g/mol. The summed E-state index contributed by atoms with van der Waals surface area (Å²) >= 11 is 18.6. The molecule has 0 aliphatic carbocycles. The van der Waals surface area contributed by atoms with E-state index in [9.17, 15) is 14.7 Å². The van der Waals surface area contributed by atoms with E-state index in [2.05, 4.69) is 4.99 Å². The van der Waals surface area contributed by atoms with Crippen LogP contribution in [0.3, 0.4) is 0 Å². The minimum atomic E-state index is -1.74. The second-order valence-corrected chi connectivity index (χ2v) is 14.5. The molecule has 1 saturated heterocycles. The van der Waals surface area contributed by atoms with Crippen LogP contribution in [0.15, 0.2) is 28.4 Å². The van der Waals surface area contributed by atoms with Crippen molar-refractivity contribution in [3.8, 4) is 5.75 Å². The number of hydrogen-bond acceptors (Lipinski definition) is 6. The molecule has 0 radical (unpaired) electrons. The van der Waals surface area contributed by atoms with Gasteiger partial charge >= 0.3 is 5.97 Å². The van der Waals surface area contributed by atoms with Crippen LogP contribution in [0.1, 0.15) is 65.2 Å². The Morgan fingerprint density at radius 3 is 2.20 bits per heavy atom. The van der Waals surface area contributed by atoms with Gasteiger partial charge in [-0.25, -0.2) is 4.79 Å². The molecule has 0 spiro atoms. The zero-order valence-corrected chi connectivity index (χ0v) is 24.0. The first-order valence-corrected chi connectivity index (χ1v) is 13.4. The summed E-state index contributed by atoms with van der Waals surface area (Å²) in [6, 6.07) is 3.19. The van der Waals surface area contributed by atoms with Crippen molar-refractivity contribution >= 4 is 64.7 Å². The smallest absolute Gasteiger partial charge is 0.355 e. The number of carbonyl (C=O) groups excluding carboxylic acids is 2. The van der Waals surface area contributed by atoms with Crippen LogP contribution in [0.5, 0.6) is 5.75 Å². The Labute approximate surface area is 226 Å². The molecule has 0 aromatic heterocycles. The normalized spacial score (nSPS) is 21.3. The van der Waals surface area contributed by atoms with E-state index in [1.54, 1.807) is 13.1 Å². The maximum atomic E-state index is 13.0. The number of β-lactam (4-membered cyclic amide) rings is 1. The number of esters is 1. The molecule has 2 aliphatic heterocycles. The van der Waals surface area contributed by atoms with Crippen molar-refractivity contribution < 1.29 is 19.4 Å². The van der Waals surface area contributed by atoms with E-state index in [-0.39, 0.29) is 33.6 Å². The summed E-state index contributed by atoms with van der Waals surface area (Å²) in [7, 11) is 0. The van der Waals surface area contributed by atoms with Gasteiger partial charge in [-0.05, 0) is 41.0 Å². The zero-order chi connectivity index (χ0) is 26.5. The molecule has 2 heterocycles. The molecule has 0 bridgehead atoms. The predicted molar refractivity (Wildman–Crippen MR) is 144 cm³/mol. The number of aliphatic imine (C=N–C) groups is 1. The molecule has 0 saturated carbocycles. The van der Waals surface area contributed by atoms with Crippen LogP contribution >= 0.6 is 46.6 Å². The van der Waals surface area contributed by atoms with Gasteiger partial charge in [0.15, 0.2) is 6.04 Å². The average Bonchev–Trinajstić information content (AvgIpc) is 2.70. The van der Waals surface area contributed by atoms with Gasteiger partial charge in [0.05, 0.1) is 0 Å². The second-order valence-electron chi connectivity index (χ2n) is 10.9. The molecule has 35 heavy (non-hydrogen) atoms. The lowest BCUT2D eigenvalue weighted by molar-refractivity contribution is -0.150. The van der Waals surface area contributed by atoms with E-state index in [4.69, 9.17) is 39.5 Å². The SMILES string of the molecule is CC1=C(C(=O)OCC(Cl)(Cl)Cl)N2C(=O)[C@@H](N=Cc3cc(C(C)(C)C)c(O)c(C(C)(C)C)c3)[C@@H]2SC1. The number of hydrogen-bond donors (Lipinski definition) is 1. The fourth-order valence-corrected chi connectivity index (χ4v) is 5.45. The highest BCUT2D eigenvalue weighted by Gasteiger charge is 2.53. The van der Waals surface area contributed by atoms with Crippen LogP contribution in [0.4, 0.5) is 0 Å². The number of amides is 1. The van der Waals surface area contributed by atoms with Crippen molar-refractivity contribution in [2.75, 3.05) is 12.4 Å². The molecule has 3 rings (SSSR count). The number of rotatable bonds is 4. The van der Waals surface area contributed by atoms with Gasteiger partial charge in [0, 0.05) is 23.1 Å². The molecule has 1 N–H and O–H groups in total. The summed E-state index contributed by atoms with van der Waals surface area (Å²) in [5, 5.41) is 10.6. The van der Waals surface area contributed by atoms with Crippen LogP contribution in [-0.2, 0) is 25.2 Å². The fraction of sp³-hybridized carbons (Fsp3) is 0.560. The quantitative estimate of drug-likeness (QED) is 0.215. The summed E-state index contributed by atoms with van der Waals surface area (Å²) in [6.07, 6.45) is 1.68. The zero-order valence-electron chi connectivity index (χ0n) is 20.9. The lowest BCUT2D eigenvalue weighted by Crippen LogP contribution is -2.64. The summed E-state index contributed by atoms with van der Waals surface area (Å²) in [4.78, 5) is 31.7. The van der Waals surface area contributed by atoms with Gasteiger partial charge in [-0.2, -0.15) is 0 Å². The number of nitrogens with zero attached hydrogens (tertiary/aromatic N) is 2. The highest BCUT2D eigenvalue weighted by molar-refractivity contribution is 8.00. The summed E-state index contributed by atoms with van der Waals surface area (Å²) in [5.74, 6) is -0.141. The van der Waals surface area contributed by atoms with E-state index in [0.717, 1.165) is 22.3 Å². The molecule has 10 heteroatoms. The Balaban J connectivity index is 1.86. The molecule has 1 aromatic carbocycles. The number of benzene rings is 1. The van der Waals surface area contributed by atoms with Crippen LogP contribution in [0.25, 0.3) is 0 Å². The Bertz CT molecular complexity index is 1060. The molecule has 192 valence electrons. The fourth-order valence-electron chi connectivity index (χ4n) is 4.00. The lowest BCUT2D eigenvalue weighted by Gasteiger charge is -2.47. The van der Waals surface area contributed by atoms with Crippen molar-refractivity contribution in [1.29, 1.82) is 0 Å². The highest BCUT2D eigenvalue weighted by Crippen LogP contribution is 2.43. The number of carbonyl (C=O) groups is 2. The van der Waals surface area contributed by atoms with Gasteiger partial charge in [-0.3, -0.25) is 14.7 Å². The maximum absolute atomic E-state index is 13.0. The topological polar surface area (TPSA) is 79.2 Å². The van der Waals surface area contributed by atoms with Crippen molar-refractivity contribution in [1.82, 2.24) is 4.90 Å². The Morgan fingerprint density at radius 2 is 1.71 bits per heavy atom. The third-order valence-electron chi connectivity index (χ3n) is 5.82. The Morgan fingerprint density at radius 1 is 1.17 bits per heavy atom. The largest absolute Gasteiger partial charge is 0.507 e. The first-order valence-electron chi connectivity index (χ1n) is 11.2. The number of thioether (sulfide) groups is 1. The number of phenolic OH excluding ortho intramolecular Hbond substituents is 1. The van der Waals surface area contributed by atoms with Gasteiger partial charge < -0.3 is 9.84 Å². The van der Waals surface area contributed by atoms with E-state index < -0.39 is 22.4 Å². The third kappa shape index (κ3) is 6.12. The molecule has 2 atom stereocenters. The van der Waals surface area contributed by atoms with Gasteiger partial charge in [0.2, 0.25) is 3.79 Å². The molecule has 2 aliphatic rings. The number of aromatic hydroxyl groups is 1. The number of alkyl halides is 3. The van der Waals surface area contributed by atoms with E-state index >= 15 is 0 Å². The van der Waals surface area contributed by atoms with Gasteiger partial charge in [0.25, 0.3) is 5.91 Å². The van der Waals surface area contributed by atoms with Gasteiger partial charge in [0.1, 0.15) is 23.4 Å². The molecular formula is C25H31Cl3N2O4S. The number of phenols is 1. The molecule has 1 fully saturated rings. The van der Waals surface area contributed by atoms with E-state index in [1.807, 2.05) is 53.7 Å². The van der Waals surface area contributed by atoms with Crippen LogP contribution in [0, 0.1) is 0 Å². The van der Waals surface area contributed by atoms with E-state index in [1.165, 1.54) is 16.7 Å². The average molecular weight is 562 g/mol. The Hall–Kier alpha value is -1.41. The molecule has 1 aromatic rings. The van der Waals surface area contributed by atoms with Crippen LogP contribution < -0.4 is 0 Å². The van der Waals surface area contributed by atoms with Crippen LogP contribution in [0.2, 0.25) is 0 Å². The third-order valence-corrected chi connectivity index (χ3v) is 7.56. The van der Waals surface area contributed by atoms with Gasteiger partial charge in [-0.1, -0.05) is 76.3 Å². The maximum Gasteiger partial charge on any atom is 0.355 e. The molecular weight excluding hydrogens is 531 g/mol. The van der Waals surface area contributed by atoms with Gasteiger partial charge in [-0.15, -0.1) is 11.8 Å². The first kappa shape index (κ1) is 28.2. The van der Waals surface area contributed by atoms with Crippen molar-refractivity contribution in [2.45, 2.75) is 74.5 Å². The van der Waals surface area contributed by atoms with Crippen molar-refractivity contribution in [3.63, 3.8) is 0 Å². The standard InChI is InChI=1S/C25H31Cl3N2O4S/c1-13-11-35-21-17(20(32)30(21)18(13)22(33)34-12-25(26,27)28)29-10-14-8-15(23(2,3)4)19(31)16(9-14)24(5,6)7/h8-10,17,21,31H,11-12H2,1-7H3/t17-,21+/m1/s1. The second kappa shape index (κ2) is 9.81. The minimum absolute atomic E-state index is 0.189. The predicted octanol–water partition coefficient (Wildman–Crippen LogP) is 5.88. The van der Waals surface area contributed by atoms with Crippen molar-refractivity contribution in [3.05, 3.63) is 40.1 Å². The number of fused-ring (bicyclic) bond motifs is 1. The minimum Gasteiger partial charge on any atom is -0.507 e. The summed E-state index contributed by atoms with van der Waals surface area (Å²) in [6.45, 7) is 13.6. The highest BCUT2D eigenvalue weighted by atomic mass is 35.6. The summed E-state index contributed by atoms with van der Waals surface area (Å²) in [5.41, 5.74) is 2.79. The molecule has 6 nitrogen and oxygen atoms in total. The van der Waals surface area contributed by atoms with Crippen LogP contribution in [-0.4, -0.2) is 55.7 Å².